The van der Waals surface area contributed by atoms with Crippen LogP contribution in [0.4, 0.5) is 0 Å². The standard InChI is InChI=1S/C18H18O4/c1-20-15-5-3-12(4-6-15)17-10-14-9-13(7-8-19)16(21-2)11-18(14)22-17/h3-6,9-11,19H,7-8H2,1-2H3. The van der Waals surface area contributed by atoms with Gasteiger partial charge in [0.05, 0.1) is 14.2 Å². The Morgan fingerprint density at radius 3 is 2.41 bits per heavy atom. The third-order valence-electron chi connectivity index (χ3n) is 3.68. The summed E-state index contributed by atoms with van der Waals surface area (Å²) in [5, 5.41) is 10.1. The molecule has 1 N–H and O–H groups in total. The highest BCUT2D eigenvalue weighted by Gasteiger charge is 2.11. The molecule has 114 valence electrons. The average Bonchev–Trinajstić information content (AvgIpc) is 2.97. The molecule has 1 aromatic heterocycles. The summed E-state index contributed by atoms with van der Waals surface area (Å²) in [6.07, 6.45) is 0.558. The first-order chi connectivity index (χ1) is 10.7. The van der Waals surface area contributed by atoms with Gasteiger partial charge >= 0.3 is 0 Å². The first-order valence-corrected chi connectivity index (χ1v) is 7.11. The Balaban J connectivity index is 2.04. The topological polar surface area (TPSA) is 51.8 Å². The van der Waals surface area contributed by atoms with Crippen molar-refractivity contribution in [3.05, 3.63) is 48.0 Å². The molecule has 4 heteroatoms. The van der Waals surface area contributed by atoms with Gasteiger partial charge in [0.1, 0.15) is 22.8 Å². The van der Waals surface area contributed by atoms with Crippen molar-refractivity contribution in [1.82, 2.24) is 0 Å². The van der Waals surface area contributed by atoms with Crippen molar-refractivity contribution in [1.29, 1.82) is 0 Å². The highest BCUT2D eigenvalue weighted by Crippen LogP contribution is 2.33. The van der Waals surface area contributed by atoms with E-state index in [2.05, 4.69) is 0 Å². The van der Waals surface area contributed by atoms with Gasteiger partial charge in [-0.2, -0.15) is 0 Å². The van der Waals surface area contributed by atoms with Gasteiger partial charge in [-0.3, -0.25) is 0 Å². The molecule has 2 aromatic carbocycles. The van der Waals surface area contributed by atoms with E-state index in [1.54, 1.807) is 14.2 Å². The highest BCUT2D eigenvalue weighted by atomic mass is 16.5. The van der Waals surface area contributed by atoms with Gasteiger partial charge in [-0.25, -0.2) is 0 Å². The third kappa shape index (κ3) is 2.65. The van der Waals surface area contributed by atoms with E-state index in [-0.39, 0.29) is 6.61 Å². The molecule has 0 fully saturated rings. The van der Waals surface area contributed by atoms with Gasteiger partial charge in [-0.05, 0) is 48.4 Å². The number of hydrogen-bond acceptors (Lipinski definition) is 4. The normalized spacial score (nSPS) is 10.9. The third-order valence-corrected chi connectivity index (χ3v) is 3.68. The first-order valence-electron chi connectivity index (χ1n) is 7.11. The van der Waals surface area contributed by atoms with Crippen molar-refractivity contribution in [2.24, 2.45) is 0 Å². The Morgan fingerprint density at radius 2 is 1.77 bits per heavy atom. The van der Waals surface area contributed by atoms with Crippen LogP contribution in [0.15, 0.2) is 46.9 Å². The molecule has 0 bridgehead atoms. The Labute approximate surface area is 128 Å². The molecular formula is C18H18O4. The number of fused-ring (bicyclic) bond motifs is 1. The van der Waals surface area contributed by atoms with Gasteiger partial charge in [-0.15, -0.1) is 0 Å². The molecule has 0 spiro atoms. The molecule has 0 aliphatic carbocycles. The molecule has 3 rings (SSSR count). The minimum atomic E-state index is 0.0883. The number of methoxy groups -OCH3 is 2. The van der Waals surface area contributed by atoms with Crippen LogP contribution in [-0.4, -0.2) is 25.9 Å². The minimum absolute atomic E-state index is 0.0883. The maximum absolute atomic E-state index is 9.15. The second-order valence-corrected chi connectivity index (χ2v) is 5.01. The lowest BCUT2D eigenvalue weighted by atomic mass is 10.1. The maximum atomic E-state index is 9.15. The number of aliphatic hydroxyl groups excluding tert-OH is 1. The van der Waals surface area contributed by atoms with Crippen LogP contribution in [0.3, 0.4) is 0 Å². The smallest absolute Gasteiger partial charge is 0.138 e. The van der Waals surface area contributed by atoms with Crippen LogP contribution >= 0.6 is 0 Å². The molecule has 4 nitrogen and oxygen atoms in total. The van der Waals surface area contributed by atoms with Crippen molar-refractivity contribution in [2.45, 2.75) is 6.42 Å². The van der Waals surface area contributed by atoms with Gasteiger partial charge in [0.15, 0.2) is 0 Å². The van der Waals surface area contributed by atoms with Crippen LogP contribution in [0, 0.1) is 0 Å². The predicted octanol–water partition coefficient (Wildman–Crippen LogP) is 3.65. The summed E-state index contributed by atoms with van der Waals surface area (Å²) in [7, 11) is 3.26. The molecule has 3 aromatic rings. The van der Waals surface area contributed by atoms with Crippen molar-refractivity contribution in [3.63, 3.8) is 0 Å². The molecule has 0 amide bonds. The summed E-state index contributed by atoms with van der Waals surface area (Å²) in [5.74, 6) is 2.34. The van der Waals surface area contributed by atoms with Crippen LogP contribution in [0.2, 0.25) is 0 Å². The molecule has 0 saturated carbocycles. The summed E-state index contributed by atoms with van der Waals surface area (Å²) < 4.78 is 16.4. The summed E-state index contributed by atoms with van der Waals surface area (Å²) in [6, 6.07) is 13.6. The molecule has 0 radical (unpaired) electrons. The van der Waals surface area contributed by atoms with Gasteiger partial charge in [-0.1, -0.05) is 0 Å². The lowest BCUT2D eigenvalue weighted by Gasteiger charge is -2.06. The maximum Gasteiger partial charge on any atom is 0.138 e. The number of benzene rings is 2. The van der Waals surface area contributed by atoms with Crippen molar-refractivity contribution < 1.29 is 19.0 Å². The minimum Gasteiger partial charge on any atom is -0.497 e. The Morgan fingerprint density at radius 1 is 1.00 bits per heavy atom. The molecular weight excluding hydrogens is 280 g/mol. The van der Waals surface area contributed by atoms with Crippen molar-refractivity contribution >= 4 is 11.0 Å². The van der Waals surface area contributed by atoms with E-state index >= 15 is 0 Å². The number of aliphatic hydroxyl groups is 1. The molecule has 22 heavy (non-hydrogen) atoms. The van der Waals surface area contributed by atoms with E-state index in [0.717, 1.165) is 39.4 Å². The fourth-order valence-electron chi connectivity index (χ4n) is 2.52. The second kappa shape index (κ2) is 6.12. The lowest BCUT2D eigenvalue weighted by molar-refractivity contribution is 0.297. The van der Waals surface area contributed by atoms with Crippen LogP contribution in [0.1, 0.15) is 5.56 Å². The van der Waals surface area contributed by atoms with Crippen LogP contribution in [-0.2, 0) is 6.42 Å². The first kappa shape index (κ1) is 14.5. The molecule has 0 saturated heterocycles. The van der Waals surface area contributed by atoms with E-state index in [0.29, 0.717) is 6.42 Å². The van der Waals surface area contributed by atoms with Crippen molar-refractivity contribution in [2.75, 3.05) is 20.8 Å². The van der Waals surface area contributed by atoms with Crippen molar-refractivity contribution in [3.8, 4) is 22.8 Å². The zero-order valence-corrected chi connectivity index (χ0v) is 12.6. The largest absolute Gasteiger partial charge is 0.497 e. The molecule has 0 aliphatic heterocycles. The number of ether oxygens (including phenoxy) is 2. The molecule has 0 atom stereocenters. The summed E-state index contributed by atoms with van der Waals surface area (Å²) in [4.78, 5) is 0. The van der Waals surface area contributed by atoms with E-state index in [9.17, 15) is 0 Å². The SMILES string of the molecule is COc1ccc(-c2cc3cc(CCO)c(OC)cc3o2)cc1. The Hall–Kier alpha value is -2.46. The molecule has 1 heterocycles. The van der Waals surface area contributed by atoms with Crippen LogP contribution in [0.25, 0.3) is 22.3 Å². The fraction of sp³-hybridized carbons (Fsp3) is 0.222. The number of hydrogen-bond donors (Lipinski definition) is 1. The van der Waals surface area contributed by atoms with E-state index in [4.69, 9.17) is 19.0 Å². The highest BCUT2D eigenvalue weighted by molar-refractivity contribution is 5.85. The number of furan rings is 1. The lowest BCUT2D eigenvalue weighted by Crippen LogP contribution is -1.95. The number of rotatable bonds is 5. The van der Waals surface area contributed by atoms with Gasteiger partial charge < -0.3 is 19.0 Å². The Kier molecular flexibility index (Phi) is 4.02. The van der Waals surface area contributed by atoms with Gasteiger partial charge in [0.25, 0.3) is 0 Å². The van der Waals surface area contributed by atoms with Crippen LogP contribution in [0.5, 0.6) is 11.5 Å². The van der Waals surface area contributed by atoms with Crippen LogP contribution < -0.4 is 9.47 Å². The summed E-state index contributed by atoms with van der Waals surface area (Å²) in [6.45, 7) is 0.0883. The van der Waals surface area contributed by atoms with Gasteiger partial charge in [0.2, 0.25) is 0 Å². The van der Waals surface area contributed by atoms with E-state index in [1.807, 2.05) is 42.5 Å². The molecule has 0 aliphatic rings. The Bertz CT molecular complexity index is 772. The summed E-state index contributed by atoms with van der Waals surface area (Å²) >= 11 is 0. The quantitative estimate of drug-likeness (QED) is 0.781. The average molecular weight is 298 g/mol. The summed E-state index contributed by atoms with van der Waals surface area (Å²) in [5.41, 5.74) is 2.73. The molecule has 0 unspecified atom stereocenters. The van der Waals surface area contributed by atoms with E-state index < -0.39 is 0 Å². The van der Waals surface area contributed by atoms with Gasteiger partial charge in [0, 0.05) is 23.6 Å². The second-order valence-electron chi connectivity index (χ2n) is 5.01. The predicted molar refractivity (Wildman–Crippen MR) is 85.5 cm³/mol. The van der Waals surface area contributed by atoms with E-state index in [1.165, 1.54) is 0 Å². The zero-order chi connectivity index (χ0) is 15.5. The fourth-order valence-corrected chi connectivity index (χ4v) is 2.52. The monoisotopic (exact) mass is 298 g/mol. The zero-order valence-electron chi connectivity index (χ0n) is 12.6.